The van der Waals surface area contributed by atoms with Crippen LogP contribution in [0.2, 0.25) is 0 Å². The van der Waals surface area contributed by atoms with Crippen molar-refractivity contribution in [2.75, 3.05) is 0 Å². The lowest BCUT2D eigenvalue weighted by molar-refractivity contribution is -0.142. The molecule has 0 radical (unpaired) electrons. The van der Waals surface area contributed by atoms with Crippen LogP contribution in [0.1, 0.15) is 34.5 Å². The number of nitrogens with two attached hydrogens (primary N) is 1. The summed E-state index contributed by atoms with van der Waals surface area (Å²) in [6.45, 7) is 1.72. The lowest BCUT2D eigenvalue weighted by atomic mass is 9.97. The maximum atomic E-state index is 10.5. The molecule has 3 heteroatoms. The van der Waals surface area contributed by atoms with Crippen molar-refractivity contribution in [2.24, 2.45) is 5.73 Å². The van der Waals surface area contributed by atoms with Crippen molar-refractivity contribution < 1.29 is 11.3 Å². The molecule has 0 rings (SSSR count). The highest BCUT2D eigenvalue weighted by Gasteiger charge is 2.26. The van der Waals surface area contributed by atoms with Gasteiger partial charge in [-0.1, -0.05) is 19.8 Å². The number of hydrogen-bond acceptors (Lipinski definition) is 2. The average Bonchev–Trinajstić information content (AvgIpc) is 2.00. The largest absolute Gasteiger partial charge is 0.480 e. The number of carboxylic acids is 1. The van der Waals surface area contributed by atoms with Gasteiger partial charge in [0.05, 0.1) is 0 Å². The standard InChI is InChI=1S/C7H15NO2/c1-3-4-5-7(2,8)6(9)10/h3-5,8H2,1-2H3,(H,9,10)/t7-/m0/s1/i2D. The summed E-state index contributed by atoms with van der Waals surface area (Å²) >= 11 is 0. The van der Waals surface area contributed by atoms with E-state index in [-0.39, 0.29) is 6.90 Å². The van der Waals surface area contributed by atoms with Crippen molar-refractivity contribution in [1.29, 1.82) is 0 Å². The van der Waals surface area contributed by atoms with Crippen molar-refractivity contribution in [3.63, 3.8) is 0 Å². The van der Waals surface area contributed by atoms with Gasteiger partial charge in [0.1, 0.15) is 5.54 Å². The molecular formula is C7H15NO2. The fourth-order valence-corrected chi connectivity index (χ4v) is 0.599. The Bertz CT molecular complexity index is 140. The number of carboxylic acid groups (broad SMARTS) is 1. The van der Waals surface area contributed by atoms with E-state index in [9.17, 15) is 4.79 Å². The summed E-state index contributed by atoms with van der Waals surface area (Å²) in [6, 6.07) is 0. The molecule has 0 aliphatic rings. The first-order chi connectivity index (χ1) is 5.06. The van der Waals surface area contributed by atoms with Crippen LogP contribution in [0.5, 0.6) is 0 Å². The SMILES string of the molecule is [2H]C[C@](N)(CCCC)C(=O)O. The maximum absolute atomic E-state index is 10.5. The van der Waals surface area contributed by atoms with E-state index < -0.39 is 11.5 Å². The van der Waals surface area contributed by atoms with Crippen molar-refractivity contribution >= 4 is 5.97 Å². The first-order valence-corrected chi connectivity index (χ1v) is 3.38. The lowest BCUT2D eigenvalue weighted by Crippen LogP contribution is -2.44. The molecule has 3 nitrogen and oxygen atoms in total. The maximum Gasteiger partial charge on any atom is 0.323 e. The summed E-state index contributed by atoms with van der Waals surface area (Å²) in [5, 5.41) is 8.61. The second kappa shape index (κ2) is 3.56. The molecular weight excluding hydrogens is 130 g/mol. The van der Waals surface area contributed by atoms with Gasteiger partial charge in [0.25, 0.3) is 0 Å². The quantitative estimate of drug-likeness (QED) is 0.621. The second-order valence-corrected chi connectivity index (χ2v) is 2.56. The van der Waals surface area contributed by atoms with E-state index in [1.54, 1.807) is 0 Å². The predicted octanol–water partition coefficient (Wildman–Crippen LogP) is 0.979. The van der Waals surface area contributed by atoms with Crippen molar-refractivity contribution in [1.82, 2.24) is 0 Å². The van der Waals surface area contributed by atoms with E-state index in [1.807, 2.05) is 6.92 Å². The summed E-state index contributed by atoms with van der Waals surface area (Å²) in [4.78, 5) is 10.5. The molecule has 0 bridgehead atoms. The van der Waals surface area contributed by atoms with Crippen LogP contribution in [0.3, 0.4) is 0 Å². The van der Waals surface area contributed by atoms with Gasteiger partial charge in [-0.15, -0.1) is 0 Å². The predicted molar refractivity (Wildman–Crippen MR) is 39.8 cm³/mol. The van der Waals surface area contributed by atoms with Crippen LogP contribution in [0.4, 0.5) is 0 Å². The summed E-state index contributed by atoms with van der Waals surface area (Å²) in [5.41, 5.74) is 4.12. The molecule has 0 spiro atoms. The first kappa shape index (κ1) is 7.54. The van der Waals surface area contributed by atoms with Gasteiger partial charge in [-0.2, -0.15) is 0 Å². The van der Waals surface area contributed by atoms with Crippen LogP contribution >= 0.6 is 0 Å². The van der Waals surface area contributed by atoms with Gasteiger partial charge in [0.2, 0.25) is 0 Å². The molecule has 1 atom stereocenters. The first-order valence-electron chi connectivity index (χ1n) is 4.09. The molecule has 0 aromatic heterocycles. The Morgan fingerprint density at radius 3 is 2.80 bits per heavy atom. The molecule has 0 unspecified atom stereocenters. The highest BCUT2D eigenvalue weighted by Crippen LogP contribution is 2.09. The van der Waals surface area contributed by atoms with Gasteiger partial charge in [0.15, 0.2) is 0 Å². The minimum absolute atomic E-state index is 0.248. The molecule has 0 aliphatic heterocycles. The number of unbranched alkanes of at least 4 members (excludes halogenated alkanes) is 1. The van der Waals surface area contributed by atoms with Crippen LogP contribution in [0.25, 0.3) is 0 Å². The molecule has 0 amide bonds. The van der Waals surface area contributed by atoms with Crippen LogP contribution in [-0.4, -0.2) is 16.6 Å². The van der Waals surface area contributed by atoms with Gasteiger partial charge in [-0.25, -0.2) is 0 Å². The average molecular weight is 146 g/mol. The van der Waals surface area contributed by atoms with E-state index in [0.29, 0.717) is 6.42 Å². The minimum Gasteiger partial charge on any atom is -0.480 e. The zero-order valence-corrected chi connectivity index (χ0v) is 6.26. The summed E-state index contributed by atoms with van der Waals surface area (Å²) < 4.78 is 6.96. The molecule has 0 saturated heterocycles. The lowest BCUT2D eigenvalue weighted by Gasteiger charge is -2.17. The Kier molecular flexibility index (Phi) is 2.68. The fraction of sp³-hybridized carbons (Fsp3) is 0.857. The number of aliphatic carboxylic acids is 1. The molecule has 3 N–H and O–H groups in total. The van der Waals surface area contributed by atoms with Gasteiger partial charge in [0, 0.05) is 1.37 Å². The monoisotopic (exact) mass is 146 g/mol. The molecule has 0 heterocycles. The summed E-state index contributed by atoms with van der Waals surface area (Å²) in [7, 11) is 0. The summed E-state index contributed by atoms with van der Waals surface area (Å²) in [6.07, 6.45) is 2.07. The molecule has 0 aromatic carbocycles. The highest BCUT2D eigenvalue weighted by molar-refractivity contribution is 5.77. The van der Waals surface area contributed by atoms with Gasteiger partial charge >= 0.3 is 5.97 Å². The Morgan fingerprint density at radius 2 is 2.50 bits per heavy atom. The Hall–Kier alpha value is -0.570. The Labute approximate surface area is 62.6 Å². The second-order valence-electron chi connectivity index (χ2n) is 2.56. The molecule has 0 saturated carbocycles. The van der Waals surface area contributed by atoms with Crippen molar-refractivity contribution in [3.05, 3.63) is 0 Å². The molecule has 0 aliphatic carbocycles. The van der Waals surface area contributed by atoms with Gasteiger partial charge in [-0.05, 0) is 13.3 Å². The highest BCUT2D eigenvalue weighted by atomic mass is 16.4. The molecule has 0 aromatic rings. The Balaban J connectivity index is 3.99. The zero-order chi connectivity index (χ0) is 8.91. The molecule has 0 fully saturated rings. The third-order valence-corrected chi connectivity index (χ3v) is 1.40. The van der Waals surface area contributed by atoms with E-state index in [1.165, 1.54) is 0 Å². The molecule has 10 heavy (non-hydrogen) atoms. The Morgan fingerprint density at radius 1 is 1.90 bits per heavy atom. The van der Waals surface area contributed by atoms with E-state index >= 15 is 0 Å². The topological polar surface area (TPSA) is 63.3 Å². The van der Waals surface area contributed by atoms with E-state index in [2.05, 4.69) is 0 Å². The third-order valence-electron chi connectivity index (χ3n) is 1.40. The van der Waals surface area contributed by atoms with Crippen molar-refractivity contribution in [3.8, 4) is 0 Å². The summed E-state index contributed by atoms with van der Waals surface area (Å²) in [5.74, 6) is -1.07. The van der Waals surface area contributed by atoms with Gasteiger partial charge < -0.3 is 10.8 Å². The minimum atomic E-state index is -1.32. The van der Waals surface area contributed by atoms with Crippen LogP contribution in [-0.2, 0) is 4.79 Å². The van der Waals surface area contributed by atoms with E-state index in [4.69, 9.17) is 12.2 Å². The van der Waals surface area contributed by atoms with Crippen LogP contribution in [0.15, 0.2) is 0 Å². The van der Waals surface area contributed by atoms with Gasteiger partial charge in [-0.3, -0.25) is 4.79 Å². The van der Waals surface area contributed by atoms with Crippen LogP contribution < -0.4 is 5.73 Å². The van der Waals surface area contributed by atoms with Crippen molar-refractivity contribution in [2.45, 2.75) is 38.6 Å². The van der Waals surface area contributed by atoms with Crippen LogP contribution in [0, 0.1) is 0 Å². The third kappa shape index (κ3) is 2.82. The fourth-order valence-electron chi connectivity index (χ4n) is 0.599. The zero-order valence-electron chi connectivity index (χ0n) is 7.26. The molecule has 60 valence electrons. The normalized spacial score (nSPS) is 17.6. The number of rotatable bonds is 4. The van der Waals surface area contributed by atoms with E-state index in [0.717, 1.165) is 12.8 Å². The number of carbonyl (C=O) groups is 1. The smallest absolute Gasteiger partial charge is 0.323 e. The number of hydrogen-bond donors (Lipinski definition) is 2.